The predicted molar refractivity (Wildman–Crippen MR) is 120 cm³/mol. The Balaban J connectivity index is 1.44. The van der Waals surface area contributed by atoms with Gasteiger partial charge in [0.2, 0.25) is 0 Å². The largest absolute Gasteiger partial charge is 0.299 e. The van der Waals surface area contributed by atoms with E-state index >= 15 is 0 Å². The van der Waals surface area contributed by atoms with Gasteiger partial charge in [-0.1, -0.05) is 36.4 Å². The highest BCUT2D eigenvalue weighted by Gasteiger charge is 2.41. The first-order valence-electron chi connectivity index (χ1n) is 11.0. The van der Waals surface area contributed by atoms with Crippen molar-refractivity contribution < 1.29 is 9.63 Å². The molecule has 1 aromatic heterocycles. The minimum absolute atomic E-state index is 0.0120. The molecule has 3 aliphatic heterocycles. The van der Waals surface area contributed by atoms with E-state index in [-0.39, 0.29) is 24.3 Å². The minimum atomic E-state index is -0.386. The number of aromatic nitrogens is 3. The second-order valence-corrected chi connectivity index (χ2v) is 8.58. The smallest absolute Gasteiger partial charge is 0.184 e. The van der Waals surface area contributed by atoms with Crippen LogP contribution in [0.4, 0.5) is 5.69 Å². The van der Waals surface area contributed by atoms with Gasteiger partial charge in [-0.3, -0.25) is 29.7 Å². The van der Waals surface area contributed by atoms with Crippen LogP contribution in [-0.2, 0) is 18.4 Å². The molecule has 2 atom stereocenters. The average molecular weight is 428 g/mol. The Bertz CT molecular complexity index is 1210. The van der Waals surface area contributed by atoms with Gasteiger partial charge in [-0.2, -0.15) is 5.10 Å². The molecule has 3 aromatic rings. The Morgan fingerprint density at radius 3 is 2.72 bits per heavy atom. The number of aliphatic imine (C=N–C) groups is 1. The van der Waals surface area contributed by atoms with Crippen molar-refractivity contribution >= 4 is 17.2 Å². The Morgan fingerprint density at radius 1 is 1.16 bits per heavy atom. The molecule has 0 bridgehead atoms. The van der Waals surface area contributed by atoms with E-state index in [2.05, 4.69) is 44.7 Å². The van der Waals surface area contributed by atoms with Crippen LogP contribution in [0.2, 0.25) is 0 Å². The normalized spacial score (nSPS) is 22.4. The van der Waals surface area contributed by atoms with Crippen molar-refractivity contribution in [1.29, 1.82) is 0 Å². The van der Waals surface area contributed by atoms with Crippen molar-refractivity contribution in [1.82, 2.24) is 19.7 Å². The van der Waals surface area contributed by atoms with E-state index in [0.29, 0.717) is 5.56 Å². The molecular formula is C24H24N6O2. The molecule has 8 nitrogen and oxygen atoms in total. The summed E-state index contributed by atoms with van der Waals surface area (Å²) in [6.07, 6.45) is 2.44. The molecule has 1 N–H and O–H groups in total. The molecule has 162 valence electrons. The van der Waals surface area contributed by atoms with E-state index < -0.39 is 0 Å². The monoisotopic (exact) mass is 428 g/mol. The minimum Gasteiger partial charge on any atom is -0.299 e. The molecule has 1 saturated heterocycles. The van der Waals surface area contributed by atoms with Crippen molar-refractivity contribution in [3.05, 3.63) is 76.9 Å². The third kappa shape index (κ3) is 3.14. The fourth-order valence-electron chi connectivity index (χ4n) is 4.77. The highest BCUT2D eigenvalue weighted by atomic mass is 16.7. The summed E-state index contributed by atoms with van der Waals surface area (Å²) >= 11 is 0. The van der Waals surface area contributed by atoms with E-state index in [1.165, 1.54) is 25.1 Å². The van der Waals surface area contributed by atoms with Crippen LogP contribution in [-0.4, -0.2) is 50.8 Å². The second-order valence-electron chi connectivity index (χ2n) is 8.58. The quantitative estimate of drug-likeness (QED) is 0.688. The fraction of sp³-hybridized carbons (Fsp3) is 0.333. The lowest BCUT2D eigenvalue weighted by atomic mass is 9.83. The molecule has 8 heteroatoms. The van der Waals surface area contributed by atoms with E-state index in [0.717, 1.165) is 34.9 Å². The Hall–Kier alpha value is -3.36. The standard InChI is InChI=1S/C24H24N6O2/c1-29-24(26-14-27-29)21-22-20-17(19(31)12-25-22)4-2-5-18(20)28-32-23(21)16-8-6-15(7-9-16)13-30-10-3-11-30/h2,4-9,14,21,23,28H,3,10-13H2,1H3. The van der Waals surface area contributed by atoms with Gasteiger partial charge in [-0.25, -0.2) is 4.98 Å². The van der Waals surface area contributed by atoms with Crippen molar-refractivity contribution in [2.24, 2.45) is 12.0 Å². The molecule has 2 aromatic carbocycles. The zero-order valence-corrected chi connectivity index (χ0v) is 17.9. The molecule has 3 aliphatic rings. The lowest BCUT2D eigenvalue weighted by molar-refractivity contribution is 0.0921. The van der Waals surface area contributed by atoms with Crippen LogP contribution in [0.15, 0.2) is 53.8 Å². The predicted octanol–water partition coefficient (Wildman–Crippen LogP) is 2.89. The fourth-order valence-corrected chi connectivity index (χ4v) is 4.77. The van der Waals surface area contributed by atoms with E-state index in [4.69, 9.17) is 9.83 Å². The van der Waals surface area contributed by atoms with Crippen LogP contribution in [0.25, 0.3) is 0 Å². The highest BCUT2D eigenvalue weighted by molar-refractivity contribution is 6.20. The number of likely N-dealkylation sites (tertiary alicyclic amines) is 1. The SMILES string of the molecule is Cn1ncnc1C1C2=NCC(=O)c3cccc(c32)NOC1c1ccc(CN2CCC2)cc1. The van der Waals surface area contributed by atoms with Gasteiger partial charge in [0.05, 0.1) is 17.3 Å². The van der Waals surface area contributed by atoms with Crippen LogP contribution < -0.4 is 5.48 Å². The van der Waals surface area contributed by atoms with E-state index in [1.54, 1.807) is 11.0 Å². The molecule has 0 amide bonds. The van der Waals surface area contributed by atoms with Gasteiger partial charge in [-0.15, -0.1) is 0 Å². The van der Waals surface area contributed by atoms with Crippen molar-refractivity contribution in [2.75, 3.05) is 25.1 Å². The van der Waals surface area contributed by atoms with Crippen LogP contribution in [0, 0.1) is 0 Å². The lowest BCUT2D eigenvalue weighted by Crippen LogP contribution is -2.36. The summed E-state index contributed by atoms with van der Waals surface area (Å²) in [6.45, 7) is 3.44. The maximum atomic E-state index is 12.6. The van der Waals surface area contributed by atoms with Gasteiger partial charge < -0.3 is 0 Å². The lowest BCUT2D eigenvalue weighted by Gasteiger charge is -2.31. The third-order valence-corrected chi connectivity index (χ3v) is 6.59. The maximum Gasteiger partial charge on any atom is 0.184 e. The van der Waals surface area contributed by atoms with Crippen LogP contribution >= 0.6 is 0 Å². The molecule has 2 unspecified atom stereocenters. The van der Waals surface area contributed by atoms with Crippen LogP contribution in [0.3, 0.4) is 0 Å². The third-order valence-electron chi connectivity index (χ3n) is 6.59. The maximum absolute atomic E-state index is 12.6. The summed E-state index contributed by atoms with van der Waals surface area (Å²) in [5.41, 5.74) is 8.45. The number of nitrogens with zero attached hydrogens (tertiary/aromatic N) is 5. The van der Waals surface area contributed by atoms with Gasteiger partial charge in [0.15, 0.2) is 5.78 Å². The summed E-state index contributed by atoms with van der Waals surface area (Å²) in [4.78, 5) is 30.6. The number of hydrogen-bond acceptors (Lipinski definition) is 7. The number of hydrogen-bond donors (Lipinski definition) is 1. The van der Waals surface area contributed by atoms with Crippen molar-refractivity contribution in [3.8, 4) is 0 Å². The summed E-state index contributed by atoms with van der Waals surface area (Å²) in [6, 6.07) is 14.2. The van der Waals surface area contributed by atoms with Crippen LogP contribution in [0.1, 0.15) is 51.3 Å². The topological polar surface area (TPSA) is 84.6 Å². The summed E-state index contributed by atoms with van der Waals surface area (Å²) in [5.74, 6) is 0.446. The van der Waals surface area contributed by atoms with Crippen LogP contribution in [0.5, 0.6) is 0 Å². The first-order chi connectivity index (χ1) is 15.7. The van der Waals surface area contributed by atoms with Gasteiger partial charge in [0.1, 0.15) is 24.8 Å². The summed E-state index contributed by atoms with van der Waals surface area (Å²) in [5, 5.41) is 4.30. The van der Waals surface area contributed by atoms with E-state index in [9.17, 15) is 4.79 Å². The molecular weight excluding hydrogens is 404 g/mol. The van der Waals surface area contributed by atoms with Gasteiger partial charge in [0, 0.05) is 24.7 Å². The Labute approximate surface area is 185 Å². The van der Waals surface area contributed by atoms with Gasteiger partial charge >= 0.3 is 0 Å². The number of carbonyl (C=O) groups is 1. The molecule has 1 fully saturated rings. The zero-order valence-electron chi connectivity index (χ0n) is 17.9. The number of rotatable bonds is 4. The van der Waals surface area contributed by atoms with E-state index in [1.807, 2.05) is 25.2 Å². The number of ketones is 1. The number of benzene rings is 2. The molecule has 4 heterocycles. The number of anilines is 1. The first kappa shape index (κ1) is 19.3. The number of carbonyl (C=O) groups excluding carboxylic acids is 1. The molecule has 0 aliphatic carbocycles. The number of nitrogens with one attached hydrogen (secondary N) is 1. The summed E-state index contributed by atoms with van der Waals surface area (Å²) < 4.78 is 1.76. The first-order valence-corrected chi connectivity index (χ1v) is 11.0. The average Bonchev–Trinajstić information content (AvgIpc) is 3.13. The Kier molecular flexibility index (Phi) is 4.62. The summed E-state index contributed by atoms with van der Waals surface area (Å²) in [7, 11) is 1.87. The van der Waals surface area contributed by atoms with Crippen molar-refractivity contribution in [2.45, 2.75) is 25.0 Å². The molecule has 0 saturated carbocycles. The molecule has 0 spiro atoms. The van der Waals surface area contributed by atoms with Crippen molar-refractivity contribution in [3.63, 3.8) is 0 Å². The highest BCUT2D eigenvalue weighted by Crippen LogP contribution is 2.42. The number of aryl methyl sites for hydroxylation is 1. The van der Waals surface area contributed by atoms with Gasteiger partial charge in [-0.05, 0) is 36.7 Å². The molecule has 6 rings (SSSR count). The molecule has 32 heavy (non-hydrogen) atoms. The zero-order chi connectivity index (χ0) is 21.7. The second kappa shape index (κ2) is 7.65. The molecule has 0 radical (unpaired) electrons. The number of Topliss-reactive ketones (excluding diaryl/α,β-unsaturated/α-hetero) is 1. The van der Waals surface area contributed by atoms with Gasteiger partial charge in [0.25, 0.3) is 0 Å². The Morgan fingerprint density at radius 2 is 2.00 bits per heavy atom.